The fraction of sp³-hybridized carbons (Fsp3) is 0.667. The van der Waals surface area contributed by atoms with Gasteiger partial charge in [0.1, 0.15) is 0 Å². The van der Waals surface area contributed by atoms with Crippen molar-refractivity contribution in [3.63, 3.8) is 0 Å². The summed E-state index contributed by atoms with van der Waals surface area (Å²) >= 11 is 0. The van der Waals surface area contributed by atoms with Gasteiger partial charge in [0.25, 0.3) is 0 Å². The third-order valence-electron chi connectivity index (χ3n) is 2.27. The molecule has 0 aliphatic heterocycles. The minimum Gasteiger partial charge on any atom is -0.365 e. The van der Waals surface area contributed by atoms with E-state index in [1.807, 2.05) is 0 Å². The van der Waals surface area contributed by atoms with Gasteiger partial charge in [-0.05, 0) is 13.0 Å². The van der Waals surface area contributed by atoms with Crippen molar-refractivity contribution in [3.05, 3.63) is 25.3 Å². The molecule has 0 aliphatic carbocycles. The lowest BCUT2D eigenvalue weighted by atomic mass is 10.3. The molecule has 2 unspecified atom stereocenters. The summed E-state index contributed by atoms with van der Waals surface area (Å²) in [5, 5.41) is 25.4. The molecular formula is C12H25N3O2. The SMILES string of the molecule is C=CCNC(O)N(CC=C)C(O)NCCCC. The molecule has 0 bridgehead atoms. The second kappa shape index (κ2) is 10.4. The Balaban J connectivity index is 4.16. The maximum Gasteiger partial charge on any atom is 0.166 e. The highest BCUT2D eigenvalue weighted by molar-refractivity contribution is 4.77. The zero-order valence-electron chi connectivity index (χ0n) is 10.6. The highest BCUT2D eigenvalue weighted by Crippen LogP contribution is 1.98. The molecule has 0 saturated carbocycles. The smallest absolute Gasteiger partial charge is 0.166 e. The van der Waals surface area contributed by atoms with Crippen LogP contribution in [0.3, 0.4) is 0 Å². The van der Waals surface area contributed by atoms with E-state index >= 15 is 0 Å². The van der Waals surface area contributed by atoms with Gasteiger partial charge in [-0.15, -0.1) is 13.2 Å². The van der Waals surface area contributed by atoms with Gasteiger partial charge in [-0.2, -0.15) is 0 Å². The van der Waals surface area contributed by atoms with Crippen LogP contribution in [0, 0.1) is 0 Å². The summed E-state index contributed by atoms with van der Waals surface area (Å²) in [6.07, 6.45) is 3.48. The first kappa shape index (κ1) is 16.3. The number of nitrogens with zero attached hydrogens (tertiary/aromatic N) is 1. The van der Waals surface area contributed by atoms with Crippen molar-refractivity contribution in [2.45, 2.75) is 32.5 Å². The molecule has 100 valence electrons. The molecule has 0 aromatic rings. The molecule has 4 N–H and O–H groups in total. The molecule has 0 fully saturated rings. The molecule has 5 heteroatoms. The maximum atomic E-state index is 9.88. The van der Waals surface area contributed by atoms with E-state index in [9.17, 15) is 10.2 Å². The van der Waals surface area contributed by atoms with Crippen LogP contribution in [0.5, 0.6) is 0 Å². The Labute approximate surface area is 104 Å². The molecule has 5 nitrogen and oxygen atoms in total. The van der Waals surface area contributed by atoms with Crippen molar-refractivity contribution >= 4 is 0 Å². The average molecular weight is 243 g/mol. The monoisotopic (exact) mass is 243 g/mol. The number of hydrogen-bond acceptors (Lipinski definition) is 5. The maximum absolute atomic E-state index is 9.88. The van der Waals surface area contributed by atoms with Crippen LogP contribution >= 0.6 is 0 Å². The van der Waals surface area contributed by atoms with Crippen molar-refractivity contribution in [2.24, 2.45) is 0 Å². The van der Waals surface area contributed by atoms with Crippen LogP contribution in [0.4, 0.5) is 0 Å². The van der Waals surface area contributed by atoms with Crippen LogP contribution in [-0.4, -0.2) is 47.5 Å². The molecule has 0 rings (SSSR count). The topological polar surface area (TPSA) is 67.8 Å². The molecule has 0 heterocycles. The van der Waals surface area contributed by atoms with Crippen LogP contribution < -0.4 is 10.6 Å². The molecule has 0 aromatic heterocycles. The standard InChI is InChI=1S/C12H25N3O2/c1-4-7-9-14-12(17)15(10-6-3)11(16)13-8-5-2/h5-6,11-14,16-17H,2-4,7-10H2,1H3. The Morgan fingerprint density at radius 3 is 2.35 bits per heavy atom. The summed E-state index contributed by atoms with van der Waals surface area (Å²) in [6.45, 7) is 10.8. The van der Waals surface area contributed by atoms with Crippen molar-refractivity contribution in [2.75, 3.05) is 19.6 Å². The van der Waals surface area contributed by atoms with E-state index in [0.29, 0.717) is 19.6 Å². The van der Waals surface area contributed by atoms with E-state index in [1.54, 1.807) is 12.2 Å². The summed E-state index contributed by atoms with van der Waals surface area (Å²) in [5.41, 5.74) is 0. The van der Waals surface area contributed by atoms with Crippen molar-refractivity contribution < 1.29 is 10.2 Å². The third kappa shape index (κ3) is 7.25. The fourth-order valence-corrected chi connectivity index (χ4v) is 1.31. The number of rotatable bonds is 11. The van der Waals surface area contributed by atoms with E-state index in [1.165, 1.54) is 4.90 Å². The Hall–Kier alpha value is -0.720. The van der Waals surface area contributed by atoms with Gasteiger partial charge in [0.15, 0.2) is 12.7 Å². The average Bonchev–Trinajstić information content (AvgIpc) is 2.33. The Morgan fingerprint density at radius 2 is 1.82 bits per heavy atom. The Kier molecular flexibility index (Phi) is 9.99. The van der Waals surface area contributed by atoms with Crippen LogP contribution in [0.25, 0.3) is 0 Å². The fourth-order valence-electron chi connectivity index (χ4n) is 1.31. The molecule has 0 aliphatic rings. The predicted molar refractivity (Wildman–Crippen MR) is 70.0 cm³/mol. The second-order valence-corrected chi connectivity index (χ2v) is 3.74. The number of hydrogen-bond donors (Lipinski definition) is 4. The summed E-state index contributed by atoms with van der Waals surface area (Å²) in [6, 6.07) is 0. The van der Waals surface area contributed by atoms with Gasteiger partial charge >= 0.3 is 0 Å². The molecule has 0 aromatic carbocycles. The lowest BCUT2D eigenvalue weighted by molar-refractivity contribution is -0.121. The number of aliphatic hydroxyl groups excluding tert-OH is 2. The number of nitrogens with one attached hydrogen (secondary N) is 2. The quantitative estimate of drug-likeness (QED) is 0.237. The van der Waals surface area contributed by atoms with Crippen molar-refractivity contribution in [1.82, 2.24) is 15.5 Å². The zero-order valence-corrected chi connectivity index (χ0v) is 10.6. The molecule has 17 heavy (non-hydrogen) atoms. The molecule has 0 radical (unpaired) electrons. The number of unbranched alkanes of at least 4 members (excludes halogenated alkanes) is 1. The van der Waals surface area contributed by atoms with Gasteiger partial charge in [0, 0.05) is 13.1 Å². The summed E-state index contributed by atoms with van der Waals surface area (Å²) in [4.78, 5) is 1.46. The largest absolute Gasteiger partial charge is 0.365 e. The summed E-state index contributed by atoms with van der Waals surface area (Å²) in [5.74, 6) is 0. The first-order chi connectivity index (χ1) is 8.17. The first-order valence-corrected chi connectivity index (χ1v) is 5.97. The lowest BCUT2D eigenvalue weighted by Gasteiger charge is -2.31. The van der Waals surface area contributed by atoms with Gasteiger partial charge in [0.05, 0.1) is 0 Å². The van der Waals surface area contributed by atoms with Crippen LogP contribution in [0.2, 0.25) is 0 Å². The highest BCUT2D eigenvalue weighted by Gasteiger charge is 2.20. The van der Waals surface area contributed by atoms with Gasteiger partial charge < -0.3 is 10.2 Å². The van der Waals surface area contributed by atoms with Crippen molar-refractivity contribution in [1.29, 1.82) is 0 Å². The van der Waals surface area contributed by atoms with Gasteiger partial charge in [-0.3, -0.25) is 10.6 Å². The lowest BCUT2D eigenvalue weighted by Crippen LogP contribution is -2.56. The van der Waals surface area contributed by atoms with Crippen LogP contribution in [-0.2, 0) is 0 Å². The molecule has 0 saturated heterocycles. The van der Waals surface area contributed by atoms with E-state index in [2.05, 4.69) is 30.7 Å². The van der Waals surface area contributed by atoms with E-state index in [0.717, 1.165) is 12.8 Å². The van der Waals surface area contributed by atoms with Crippen LogP contribution in [0.15, 0.2) is 25.3 Å². The minimum absolute atomic E-state index is 0.381. The van der Waals surface area contributed by atoms with E-state index < -0.39 is 12.7 Å². The van der Waals surface area contributed by atoms with Gasteiger partial charge in [-0.25, -0.2) is 4.90 Å². The highest BCUT2D eigenvalue weighted by atomic mass is 16.3. The first-order valence-electron chi connectivity index (χ1n) is 5.97. The second-order valence-electron chi connectivity index (χ2n) is 3.74. The molecule has 0 spiro atoms. The number of aliphatic hydroxyl groups is 2. The zero-order chi connectivity index (χ0) is 13.1. The van der Waals surface area contributed by atoms with Crippen molar-refractivity contribution in [3.8, 4) is 0 Å². The minimum atomic E-state index is -0.935. The van der Waals surface area contributed by atoms with E-state index in [-0.39, 0.29) is 0 Å². The normalized spacial score (nSPS) is 14.6. The summed E-state index contributed by atoms with van der Waals surface area (Å²) in [7, 11) is 0. The third-order valence-corrected chi connectivity index (χ3v) is 2.27. The Morgan fingerprint density at radius 1 is 1.18 bits per heavy atom. The Bertz CT molecular complexity index is 212. The van der Waals surface area contributed by atoms with Gasteiger partial charge in [0.2, 0.25) is 0 Å². The predicted octanol–water partition coefficient (Wildman–Crippen LogP) is 0.191. The summed E-state index contributed by atoms with van der Waals surface area (Å²) < 4.78 is 0. The van der Waals surface area contributed by atoms with Gasteiger partial charge in [-0.1, -0.05) is 25.5 Å². The van der Waals surface area contributed by atoms with Crippen LogP contribution in [0.1, 0.15) is 19.8 Å². The van der Waals surface area contributed by atoms with E-state index in [4.69, 9.17) is 0 Å². The molecule has 2 atom stereocenters. The molecular weight excluding hydrogens is 218 g/mol. The molecule has 0 amide bonds.